The highest BCUT2D eigenvalue weighted by molar-refractivity contribution is 5.15. The van der Waals surface area contributed by atoms with E-state index < -0.39 is 0 Å². The molecule has 0 saturated heterocycles. The Bertz CT molecular complexity index is 262. The molecule has 0 heteroatoms. The molecule has 0 aliphatic heterocycles. The van der Waals surface area contributed by atoms with Crippen LogP contribution in [-0.2, 0) is 0 Å². The van der Waals surface area contributed by atoms with E-state index in [0.717, 1.165) is 19.3 Å². The lowest BCUT2D eigenvalue weighted by atomic mass is 10.2. The first kappa shape index (κ1) is 10.8. The highest BCUT2D eigenvalue weighted by Crippen LogP contribution is 1.99. The van der Waals surface area contributed by atoms with E-state index in [-0.39, 0.29) is 0 Å². The van der Waals surface area contributed by atoms with Gasteiger partial charge in [0.25, 0.3) is 0 Å². The zero-order chi connectivity index (χ0) is 9.90. The molecule has 0 unspecified atom stereocenters. The maximum absolute atomic E-state index is 3.24. The molecule has 0 aromatic rings. The summed E-state index contributed by atoms with van der Waals surface area (Å²) in [4.78, 5) is 0. The van der Waals surface area contributed by atoms with Gasteiger partial charge in [-0.05, 0) is 31.8 Å². The third-order valence-electron chi connectivity index (χ3n) is 1.93. The summed E-state index contributed by atoms with van der Waals surface area (Å²) < 4.78 is 0. The van der Waals surface area contributed by atoms with E-state index >= 15 is 0 Å². The van der Waals surface area contributed by atoms with Crippen LogP contribution in [0.5, 0.6) is 0 Å². The van der Waals surface area contributed by atoms with Gasteiger partial charge in [-0.3, -0.25) is 0 Å². The van der Waals surface area contributed by atoms with Gasteiger partial charge in [0.2, 0.25) is 0 Å². The topological polar surface area (TPSA) is 0 Å². The van der Waals surface area contributed by atoms with Gasteiger partial charge in [0, 0.05) is 0 Å². The predicted octanol–water partition coefficient (Wildman–Crippen LogP) is 4.14. The minimum absolute atomic E-state index is 1.04. The normalized spacial score (nSPS) is 29.7. The molecule has 0 fully saturated rings. The fourth-order valence-corrected chi connectivity index (χ4v) is 1.17. The Balaban J connectivity index is 2.46. The maximum atomic E-state index is 3.24. The molecule has 0 saturated carbocycles. The first-order valence-corrected chi connectivity index (χ1v) is 5.20. The van der Waals surface area contributed by atoms with Gasteiger partial charge in [-0.2, -0.15) is 0 Å². The Hall–Kier alpha value is -1.30. The average Bonchev–Trinajstić information content (AvgIpc) is 2.22. The van der Waals surface area contributed by atoms with Crippen molar-refractivity contribution >= 4 is 0 Å². The Morgan fingerprint density at radius 3 is 2.64 bits per heavy atom. The minimum Gasteiger partial charge on any atom is -0.0882 e. The van der Waals surface area contributed by atoms with Crippen molar-refractivity contribution < 1.29 is 0 Å². The molecule has 0 aromatic heterocycles. The van der Waals surface area contributed by atoms with Crippen molar-refractivity contribution in [1.82, 2.24) is 0 Å². The summed E-state index contributed by atoms with van der Waals surface area (Å²) >= 11 is 0. The van der Waals surface area contributed by atoms with E-state index in [2.05, 4.69) is 30.4 Å². The van der Waals surface area contributed by atoms with Crippen molar-refractivity contribution in [1.29, 1.82) is 0 Å². The van der Waals surface area contributed by atoms with Crippen LogP contribution in [0, 0.1) is 6.08 Å². The molecular weight excluding hydrogens is 168 g/mol. The highest BCUT2D eigenvalue weighted by atomic mass is 13.9. The van der Waals surface area contributed by atoms with Crippen LogP contribution in [0.3, 0.4) is 0 Å². The van der Waals surface area contributed by atoms with Crippen LogP contribution in [0.2, 0.25) is 0 Å². The molecule has 0 aromatic carbocycles. The van der Waals surface area contributed by atoms with Gasteiger partial charge in [0.05, 0.1) is 0 Å². The van der Waals surface area contributed by atoms with Crippen LogP contribution in [0.4, 0.5) is 0 Å². The summed E-state index contributed by atoms with van der Waals surface area (Å²) in [5.41, 5.74) is 0. The summed E-state index contributed by atoms with van der Waals surface area (Å²) in [5.74, 6) is 0. The fraction of sp³-hybridized carbons (Fsp3) is 0.286. The van der Waals surface area contributed by atoms with Crippen LogP contribution >= 0.6 is 0 Å². The van der Waals surface area contributed by atoms with Crippen molar-refractivity contribution in [3.8, 4) is 0 Å². The Morgan fingerprint density at radius 1 is 0.786 bits per heavy atom. The zero-order valence-electron chi connectivity index (χ0n) is 8.52. The lowest BCUT2D eigenvalue weighted by Crippen LogP contribution is -1.70. The minimum atomic E-state index is 1.04. The quantitative estimate of drug-likeness (QED) is 0.497. The molecule has 0 spiro atoms. The van der Waals surface area contributed by atoms with Gasteiger partial charge in [0.1, 0.15) is 0 Å². The first-order chi connectivity index (χ1) is 7.00. The summed E-state index contributed by atoms with van der Waals surface area (Å²) in [5, 5.41) is 0. The molecule has 0 nitrogen and oxygen atoms in total. The molecule has 0 atom stereocenters. The van der Waals surface area contributed by atoms with E-state index in [4.69, 9.17) is 0 Å². The van der Waals surface area contributed by atoms with E-state index in [0.29, 0.717) is 0 Å². The van der Waals surface area contributed by atoms with Crippen LogP contribution in [-0.4, -0.2) is 0 Å². The molecule has 1 rings (SSSR count). The van der Waals surface area contributed by atoms with Crippen LogP contribution < -0.4 is 0 Å². The summed E-state index contributed by atoms with van der Waals surface area (Å²) in [6, 6.07) is 0. The summed E-state index contributed by atoms with van der Waals surface area (Å²) in [6.45, 7) is 0. The van der Waals surface area contributed by atoms with E-state index in [1.54, 1.807) is 0 Å². The predicted molar refractivity (Wildman–Crippen MR) is 62.8 cm³/mol. The lowest BCUT2D eigenvalue weighted by molar-refractivity contribution is 0.853. The van der Waals surface area contributed by atoms with Crippen molar-refractivity contribution in [3.63, 3.8) is 0 Å². The van der Waals surface area contributed by atoms with Gasteiger partial charge < -0.3 is 0 Å². The molecule has 73 valence electrons. The van der Waals surface area contributed by atoms with Crippen LogP contribution in [0.15, 0.2) is 54.7 Å². The van der Waals surface area contributed by atoms with Crippen molar-refractivity contribution in [3.05, 3.63) is 60.8 Å². The molecule has 0 N–H and O–H groups in total. The molecular formula is C14H17. The molecule has 14 heavy (non-hydrogen) atoms. The average molecular weight is 185 g/mol. The molecule has 0 bridgehead atoms. The molecule has 0 amide bonds. The van der Waals surface area contributed by atoms with Gasteiger partial charge in [-0.1, -0.05) is 54.7 Å². The largest absolute Gasteiger partial charge is 0.0882 e. The number of allylic oxidation sites excluding steroid dienone is 10. The van der Waals surface area contributed by atoms with Crippen molar-refractivity contribution in [2.24, 2.45) is 0 Å². The number of hydrogen-bond donors (Lipinski definition) is 0. The Morgan fingerprint density at radius 2 is 1.64 bits per heavy atom. The van der Waals surface area contributed by atoms with Crippen LogP contribution in [0.1, 0.15) is 25.7 Å². The number of rotatable bonds is 0. The van der Waals surface area contributed by atoms with E-state index in [1.807, 2.05) is 30.4 Å². The van der Waals surface area contributed by atoms with Gasteiger partial charge in [0.15, 0.2) is 0 Å². The monoisotopic (exact) mass is 185 g/mol. The van der Waals surface area contributed by atoms with E-state index in [1.165, 1.54) is 6.42 Å². The van der Waals surface area contributed by atoms with Crippen molar-refractivity contribution in [2.45, 2.75) is 25.7 Å². The highest BCUT2D eigenvalue weighted by Gasteiger charge is 1.80. The lowest BCUT2D eigenvalue weighted by Gasteiger charge is -1.89. The summed E-state index contributed by atoms with van der Waals surface area (Å²) in [7, 11) is 0. The Kier molecular flexibility index (Phi) is 6.39. The second kappa shape index (κ2) is 8.31. The van der Waals surface area contributed by atoms with Crippen molar-refractivity contribution in [2.75, 3.05) is 0 Å². The molecule has 1 aliphatic rings. The smallest absolute Gasteiger partial charge is 0.0166 e. The third-order valence-corrected chi connectivity index (χ3v) is 1.93. The first-order valence-electron chi connectivity index (χ1n) is 5.20. The van der Waals surface area contributed by atoms with Crippen LogP contribution in [0.25, 0.3) is 0 Å². The van der Waals surface area contributed by atoms with E-state index in [9.17, 15) is 0 Å². The SMILES string of the molecule is [C]1=C/C=C\C=C\C=C/C/C=C\CCC/1. The second-order valence-corrected chi connectivity index (χ2v) is 3.17. The number of hydrogen-bond acceptors (Lipinski definition) is 0. The third kappa shape index (κ3) is 6.24. The second-order valence-electron chi connectivity index (χ2n) is 3.17. The molecule has 1 aliphatic carbocycles. The Labute approximate surface area is 87.0 Å². The van der Waals surface area contributed by atoms with Gasteiger partial charge in [-0.15, -0.1) is 0 Å². The maximum Gasteiger partial charge on any atom is -0.0166 e. The van der Waals surface area contributed by atoms with Gasteiger partial charge in [-0.25, -0.2) is 0 Å². The van der Waals surface area contributed by atoms with Gasteiger partial charge >= 0.3 is 0 Å². The molecule has 1 radical (unpaired) electrons. The standard InChI is InChI=1S/C14H17/c1-2-4-6-8-10-12-14-13-11-9-7-5-3-1/h1-7,10,12H,8,11,13-14H2/b2-1+,5-3-,6-4-,9-7?,12-10-. The molecule has 0 heterocycles. The fourth-order valence-electron chi connectivity index (χ4n) is 1.17. The summed E-state index contributed by atoms with van der Waals surface area (Å²) in [6.07, 6.45) is 26.5. The zero-order valence-corrected chi connectivity index (χ0v) is 8.52.